The molecular formula is C25H32ClN3O. The zero-order valence-corrected chi connectivity index (χ0v) is 18.8. The molecule has 1 fully saturated rings. The van der Waals surface area contributed by atoms with Gasteiger partial charge in [-0.3, -0.25) is 0 Å². The lowest BCUT2D eigenvalue weighted by Gasteiger charge is -2.32. The first-order chi connectivity index (χ1) is 14.6. The van der Waals surface area contributed by atoms with Crippen LogP contribution in [0, 0.1) is 0 Å². The Morgan fingerprint density at radius 2 is 1.77 bits per heavy atom. The molecule has 0 radical (unpaired) electrons. The highest BCUT2D eigenvalue weighted by Crippen LogP contribution is 2.30. The average Bonchev–Trinajstić information content (AvgIpc) is 3.12. The average molecular weight is 426 g/mol. The summed E-state index contributed by atoms with van der Waals surface area (Å²) < 4.78 is 8.23. The number of likely N-dealkylation sites (tertiary alicyclic amines) is 1. The Morgan fingerprint density at radius 3 is 2.50 bits per heavy atom. The van der Waals surface area contributed by atoms with E-state index in [-0.39, 0.29) is 6.10 Å². The number of piperidine rings is 1. The second-order valence-electron chi connectivity index (χ2n) is 8.52. The summed E-state index contributed by atoms with van der Waals surface area (Å²) in [5, 5.41) is 0.807. The summed E-state index contributed by atoms with van der Waals surface area (Å²) >= 11 is 6.00. The molecular weight excluding hydrogens is 394 g/mol. The molecule has 0 aliphatic carbocycles. The molecule has 1 aliphatic heterocycles. The predicted molar refractivity (Wildman–Crippen MR) is 124 cm³/mol. The molecule has 5 heteroatoms. The largest absolute Gasteiger partial charge is 0.377 e. The van der Waals surface area contributed by atoms with Crippen molar-refractivity contribution < 1.29 is 4.74 Å². The molecule has 2 heterocycles. The fourth-order valence-corrected chi connectivity index (χ4v) is 4.50. The van der Waals surface area contributed by atoms with E-state index in [0.717, 1.165) is 62.6 Å². The van der Waals surface area contributed by atoms with Gasteiger partial charge in [-0.25, -0.2) is 4.98 Å². The highest BCUT2D eigenvalue weighted by molar-refractivity contribution is 6.30. The van der Waals surface area contributed by atoms with Crippen LogP contribution in [0.1, 0.15) is 44.0 Å². The normalized spacial score (nSPS) is 16.0. The van der Waals surface area contributed by atoms with Crippen molar-refractivity contribution in [1.82, 2.24) is 14.5 Å². The van der Waals surface area contributed by atoms with Gasteiger partial charge in [-0.1, -0.05) is 35.9 Å². The molecule has 1 aromatic heterocycles. The Kier molecular flexibility index (Phi) is 7.08. The molecule has 0 saturated carbocycles. The van der Waals surface area contributed by atoms with Gasteiger partial charge in [0.2, 0.25) is 0 Å². The van der Waals surface area contributed by atoms with E-state index in [4.69, 9.17) is 21.3 Å². The molecule has 3 aromatic rings. The van der Waals surface area contributed by atoms with Crippen molar-refractivity contribution in [3.05, 3.63) is 64.9 Å². The topological polar surface area (TPSA) is 30.3 Å². The monoisotopic (exact) mass is 425 g/mol. The second-order valence-corrected chi connectivity index (χ2v) is 8.96. The number of fused-ring (bicyclic) bond motifs is 1. The van der Waals surface area contributed by atoms with Gasteiger partial charge in [-0.15, -0.1) is 0 Å². The highest BCUT2D eigenvalue weighted by Gasteiger charge is 2.25. The molecule has 0 N–H and O–H groups in total. The summed E-state index contributed by atoms with van der Waals surface area (Å²) in [6.45, 7) is 9.13. The lowest BCUT2D eigenvalue weighted by atomic mass is 9.95. The van der Waals surface area contributed by atoms with Crippen LogP contribution >= 0.6 is 11.6 Å². The van der Waals surface area contributed by atoms with Crippen LogP contribution in [-0.2, 0) is 17.7 Å². The van der Waals surface area contributed by atoms with E-state index in [1.165, 1.54) is 16.9 Å². The van der Waals surface area contributed by atoms with Crippen LogP contribution in [0.15, 0.2) is 48.5 Å². The summed E-state index contributed by atoms with van der Waals surface area (Å²) in [5.74, 6) is 1.75. The Morgan fingerprint density at radius 1 is 1.03 bits per heavy atom. The lowest BCUT2D eigenvalue weighted by Crippen LogP contribution is -2.35. The maximum absolute atomic E-state index is 6.00. The number of hydrogen-bond donors (Lipinski definition) is 0. The standard InChI is InChI=1S/C25H32ClN3O/c1-19(2)30-18-17-29-24-6-4-3-5-23(24)27-25(29)21-12-15-28(16-13-21)14-11-20-7-9-22(26)10-8-20/h3-10,19,21H,11-18H2,1-2H3. The van der Waals surface area contributed by atoms with Crippen molar-refractivity contribution >= 4 is 22.6 Å². The predicted octanol–water partition coefficient (Wildman–Crippen LogP) is 5.54. The zero-order valence-electron chi connectivity index (χ0n) is 18.1. The summed E-state index contributed by atoms with van der Waals surface area (Å²) in [6, 6.07) is 16.7. The second kappa shape index (κ2) is 9.95. The fourth-order valence-electron chi connectivity index (χ4n) is 4.37. The first kappa shape index (κ1) is 21.4. The van der Waals surface area contributed by atoms with Gasteiger partial charge < -0.3 is 14.2 Å². The first-order valence-electron chi connectivity index (χ1n) is 11.1. The third-order valence-corrected chi connectivity index (χ3v) is 6.28. The molecule has 30 heavy (non-hydrogen) atoms. The molecule has 4 rings (SSSR count). The van der Waals surface area contributed by atoms with Gasteiger partial charge in [0.15, 0.2) is 0 Å². The third-order valence-electron chi connectivity index (χ3n) is 6.03. The Balaban J connectivity index is 1.39. The van der Waals surface area contributed by atoms with Crippen LogP contribution in [0.3, 0.4) is 0 Å². The fraction of sp³-hybridized carbons (Fsp3) is 0.480. The molecule has 1 saturated heterocycles. The minimum Gasteiger partial charge on any atom is -0.377 e. The van der Waals surface area contributed by atoms with Gasteiger partial charge in [0.05, 0.1) is 23.7 Å². The van der Waals surface area contributed by atoms with E-state index < -0.39 is 0 Å². The Bertz CT molecular complexity index is 943. The quantitative estimate of drug-likeness (QED) is 0.474. The first-order valence-corrected chi connectivity index (χ1v) is 11.5. The number of rotatable bonds is 8. The van der Waals surface area contributed by atoms with Crippen LogP contribution in [0.5, 0.6) is 0 Å². The SMILES string of the molecule is CC(C)OCCn1c(C2CCN(CCc3ccc(Cl)cc3)CC2)nc2ccccc21. The number of para-hydroxylation sites is 2. The molecule has 0 spiro atoms. The molecule has 4 nitrogen and oxygen atoms in total. The molecule has 0 unspecified atom stereocenters. The minimum atomic E-state index is 0.257. The summed E-state index contributed by atoms with van der Waals surface area (Å²) in [7, 11) is 0. The highest BCUT2D eigenvalue weighted by atomic mass is 35.5. The maximum atomic E-state index is 6.00. The van der Waals surface area contributed by atoms with Gasteiger partial charge in [-0.05, 0) is 76.0 Å². The van der Waals surface area contributed by atoms with Crippen LogP contribution < -0.4 is 0 Å². The molecule has 0 atom stereocenters. The van der Waals surface area contributed by atoms with Crippen LogP contribution in [0.25, 0.3) is 11.0 Å². The van der Waals surface area contributed by atoms with E-state index in [0.29, 0.717) is 5.92 Å². The Labute approximate surface area is 184 Å². The summed E-state index contributed by atoms with van der Waals surface area (Å²) in [4.78, 5) is 7.62. The van der Waals surface area contributed by atoms with Gasteiger partial charge in [-0.2, -0.15) is 0 Å². The van der Waals surface area contributed by atoms with Crippen molar-refractivity contribution in [1.29, 1.82) is 0 Å². The zero-order chi connectivity index (χ0) is 20.9. The van der Waals surface area contributed by atoms with E-state index in [1.54, 1.807) is 0 Å². The van der Waals surface area contributed by atoms with Crippen molar-refractivity contribution in [2.24, 2.45) is 0 Å². The van der Waals surface area contributed by atoms with Crippen molar-refractivity contribution in [3.63, 3.8) is 0 Å². The maximum Gasteiger partial charge on any atom is 0.113 e. The van der Waals surface area contributed by atoms with Crippen molar-refractivity contribution in [3.8, 4) is 0 Å². The Hall–Kier alpha value is -1.88. The number of halogens is 1. The van der Waals surface area contributed by atoms with Crippen molar-refractivity contribution in [2.75, 3.05) is 26.2 Å². The number of aromatic nitrogens is 2. The molecule has 0 amide bonds. The number of ether oxygens (including phenoxy) is 1. The van der Waals surface area contributed by atoms with Gasteiger partial charge in [0.1, 0.15) is 5.82 Å². The number of hydrogen-bond acceptors (Lipinski definition) is 3. The number of nitrogens with zero attached hydrogens (tertiary/aromatic N) is 3. The third kappa shape index (κ3) is 5.23. The van der Waals surface area contributed by atoms with Crippen LogP contribution in [-0.4, -0.2) is 46.8 Å². The summed E-state index contributed by atoms with van der Waals surface area (Å²) in [6.07, 6.45) is 3.66. The summed E-state index contributed by atoms with van der Waals surface area (Å²) in [5.41, 5.74) is 3.68. The smallest absolute Gasteiger partial charge is 0.113 e. The van der Waals surface area contributed by atoms with E-state index in [1.807, 2.05) is 12.1 Å². The lowest BCUT2D eigenvalue weighted by molar-refractivity contribution is 0.0724. The molecule has 2 aromatic carbocycles. The molecule has 160 valence electrons. The minimum absolute atomic E-state index is 0.257. The van der Waals surface area contributed by atoms with Gasteiger partial charge >= 0.3 is 0 Å². The van der Waals surface area contributed by atoms with Gasteiger partial charge in [0, 0.05) is 24.0 Å². The molecule has 1 aliphatic rings. The van der Waals surface area contributed by atoms with E-state index in [2.05, 4.69) is 59.7 Å². The molecule has 0 bridgehead atoms. The van der Waals surface area contributed by atoms with Crippen LogP contribution in [0.4, 0.5) is 0 Å². The van der Waals surface area contributed by atoms with Crippen molar-refractivity contribution in [2.45, 2.75) is 51.7 Å². The van der Waals surface area contributed by atoms with E-state index >= 15 is 0 Å². The number of benzene rings is 2. The van der Waals surface area contributed by atoms with Crippen LogP contribution in [0.2, 0.25) is 5.02 Å². The number of imidazole rings is 1. The van der Waals surface area contributed by atoms with Gasteiger partial charge in [0.25, 0.3) is 0 Å². The van der Waals surface area contributed by atoms with E-state index in [9.17, 15) is 0 Å².